The maximum Gasteiger partial charge on any atom is 0.224 e. The quantitative estimate of drug-likeness (QED) is 0.893. The zero-order valence-electron chi connectivity index (χ0n) is 11.4. The first-order valence-electron chi connectivity index (χ1n) is 7.05. The molecule has 110 valence electrons. The lowest BCUT2D eigenvalue weighted by Gasteiger charge is -2.26. The van der Waals surface area contributed by atoms with Gasteiger partial charge < -0.3 is 15.4 Å². The minimum Gasteiger partial charge on any atom is -0.493 e. The maximum atomic E-state index is 12.0. The Kier molecular flexibility index (Phi) is 5.26. The fourth-order valence-electron chi connectivity index (χ4n) is 2.87. The van der Waals surface area contributed by atoms with E-state index in [1.54, 1.807) is 0 Å². The van der Waals surface area contributed by atoms with Crippen molar-refractivity contribution < 1.29 is 9.53 Å². The Morgan fingerprint density at radius 1 is 1.35 bits per heavy atom. The lowest BCUT2D eigenvalue weighted by molar-refractivity contribution is -0.124. The number of nitrogens with one attached hydrogen (secondary N) is 2. The van der Waals surface area contributed by atoms with Crippen LogP contribution in [0.4, 0.5) is 0 Å². The summed E-state index contributed by atoms with van der Waals surface area (Å²) in [6.07, 6.45) is 1.93. The third kappa shape index (κ3) is 3.25. The summed E-state index contributed by atoms with van der Waals surface area (Å²) < 4.78 is 5.64. The van der Waals surface area contributed by atoms with Crippen LogP contribution in [0, 0.1) is 5.92 Å². The van der Waals surface area contributed by atoms with Crippen LogP contribution in [-0.2, 0) is 4.79 Å². The molecule has 5 heteroatoms. The molecule has 0 bridgehead atoms. The van der Waals surface area contributed by atoms with Gasteiger partial charge >= 0.3 is 0 Å². The number of halogens is 1. The molecule has 0 aliphatic carbocycles. The Morgan fingerprint density at radius 2 is 2.20 bits per heavy atom. The molecule has 0 aromatic heterocycles. The van der Waals surface area contributed by atoms with Crippen LogP contribution in [-0.4, -0.2) is 32.1 Å². The molecule has 0 radical (unpaired) electrons. The fourth-order valence-corrected chi connectivity index (χ4v) is 2.87. The fraction of sp³-hybridized carbons (Fsp3) is 0.533. The van der Waals surface area contributed by atoms with Crippen molar-refractivity contribution in [2.75, 3.05) is 26.2 Å². The van der Waals surface area contributed by atoms with Crippen LogP contribution in [0.5, 0.6) is 5.75 Å². The maximum absolute atomic E-state index is 12.0. The largest absolute Gasteiger partial charge is 0.493 e. The molecule has 2 aliphatic rings. The molecule has 3 rings (SSSR count). The van der Waals surface area contributed by atoms with E-state index in [-0.39, 0.29) is 24.2 Å². The second kappa shape index (κ2) is 6.95. The summed E-state index contributed by atoms with van der Waals surface area (Å²) in [5.41, 5.74) is 1.22. The van der Waals surface area contributed by atoms with E-state index >= 15 is 0 Å². The van der Waals surface area contributed by atoms with E-state index in [1.165, 1.54) is 5.56 Å². The second-order valence-electron chi connectivity index (χ2n) is 5.31. The van der Waals surface area contributed by atoms with Gasteiger partial charge in [-0.3, -0.25) is 4.79 Å². The number of amides is 1. The molecule has 2 unspecified atom stereocenters. The highest BCUT2D eigenvalue weighted by molar-refractivity contribution is 5.85. The number of benzene rings is 1. The number of carbonyl (C=O) groups is 1. The molecule has 4 nitrogen and oxygen atoms in total. The number of hydrogen-bond acceptors (Lipinski definition) is 3. The van der Waals surface area contributed by atoms with Gasteiger partial charge in [0, 0.05) is 19.0 Å². The Balaban J connectivity index is 0.00000147. The molecule has 2 atom stereocenters. The van der Waals surface area contributed by atoms with Crippen molar-refractivity contribution in [2.45, 2.75) is 18.8 Å². The third-order valence-electron chi connectivity index (χ3n) is 4.04. The first-order chi connectivity index (χ1) is 9.34. The summed E-state index contributed by atoms with van der Waals surface area (Å²) in [5, 5.41) is 6.33. The average Bonchev–Trinajstić information content (AvgIpc) is 2.99. The average molecular weight is 297 g/mol. The van der Waals surface area contributed by atoms with Gasteiger partial charge in [0.15, 0.2) is 0 Å². The smallest absolute Gasteiger partial charge is 0.224 e. The van der Waals surface area contributed by atoms with Crippen LogP contribution in [0.2, 0.25) is 0 Å². The monoisotopic (exact) mass is 296 g/mol. The first kappa shape index (κ1) is 15.1. The van der Waals surface area contributed by atoms with Crippen molar-refractivity contribution in [3.8, 4) is 5.75 Å². The van der Waals surface area contributed by atoms with Gasteiger partial charge in [0.05, 0.1) is 12.5 Å². The number of ether oxygens (including phenoxy) is 1. The molecule has 2 heterocycles. The summed E-state index contributed by atoms with van der Waals surface area (Å²) >= 11 is 0. The summed E-state index contributed by atoms with van der Waals surface area (Å²) in [5.74, 6) is 1.68. The van der Waals surface area contributed by atoms with Crippen molar-refractivity contribution in [3.63, 3.8) is 0 Å². The van der Waals surface area contributed by atoms with Crippen LogP contribution in [0.15, 0.2) is 24.3 Å². The van der Waals surface area contributed by atoms with Gasteiger partial charge in [-0.1, -0.05) is 18.2 Å². The zero-order valence-corrected chi connectivity index (χ0v) is 12.2. The summed E-state index contributed by atoms with van der Waals surface area (Å²) in [6, 6.07) is 8.12. The van der Waals surface area contributed by atoms with Crippen LogP contribution >= 0.6 is 12.4 Å². The van der Waals surface area contributed by atoms with Crippen LogP contribution < -0.4 is 15.4 Å². The minimum absolute atomic E-state index is 0. The van der Waals surface area contributed by atoms with Crippen molar-refractivity contribution >= 4 is 18.3 Å². The zero-order chi connectivity index (χ0) is 13.1. The van der Waals surface area contributed by atoms with Crippen LogP contribution in [0.3, 0.4) is 0 Å². The van der Waals surface area contributed by atoms with Gasteiger partial charge in [-0.25, -0.2) is 0 Å². The molecule has 20 heavy (non-hydrogen) atoms. The topological polar surface area (TPSA) is 50.4 Å². The van der Waals surface area contributed by atoms with Gasteiger partial charge in [0.25, 0.3) is 0 Å². The van der Waals surface area contributed by atoms with Crippen LogP contribution in [0.25, 0.3) is 0 Å². The number of fused-ring (bicyclic) bond motifs is 1. The van der Waals surface area contributed by atoms with Crippen molar-refractivity contribution in [1.29, 1.82) is 0 Å². The second-order valence-corrected chi connectivity index (χ2v) is 5.31. The molecule has 1 saturated heterocycles. The highest BCUT2D eigenvalue weighted by Gasteiger charge is 2.25. The summed E-state index contributed by atoms with van der Waals surface area (Å²) in [6.45, 7) is 3.23. The van der Waals surface area contributed by atoms with E-state index in [2.05, 4.69) is 16.7 Å². The van der Waals surface area contributed by atoms with Gasteiger partial charge in [0.2, 0.25) is 5.91 Å². The molecule has 1 amide bonds. The predicted molar refractivity (Wildman–Crippen MR) is 80.5 cm³/mol. The van der Waals surface area contributed by atoms with E-state index in [9.17, 15) is 4.79 Å². The first-order valence-corrected chi connectivity index (χ1v) is 7.05. The van der Waals surface area contributed by atoms with Crippen LogP contribution in [0.1, 0.15) is 24.3 Å². The summed E-state index contributed by atoms with van der Waals surface area (Å²) in [4.78, 5) is 12.0. The van der Waals surface area contributed by atoms with E-state index in [0.29, 0.717) is 5.92 Å². The van der Waals surface area contributed by atoms with E-state index in [1.807, 2.05) is 18.2 Å². The number of carbonyl (C=O) groups excluding carboxylic acids is 1. The SMILES string of the molecule is Cl.O=C(NCC1CCOc2ccccc21)C1CCNC1. The third-order valence-corrected chi connectivity index (χ3v) is 4.04. The number of hydrogen-bond donors (Lipinski definition) is 2. The van der Waals surface area contributed by atoms with Crippen molar-refractivity contribution in [2.24, 2.45) is 5.92 Å². The normalized spacial score (nSPS) is 24.2. The molecular weight excluding hydrogens is 276 g/mol. The number of para-hydroxylation sites is 1. The molecule has 1 aromatic rings. The summed E-state index contributed by atoms with van der Waals surface area (Å²) in [7, 11) is 0. The predicted octanol–water partition coefficient (Wildman–Crippen LogP) is 1.70. The minimum atomic E-state index is 0. The van der Waals surface area contributed by atoms with E-state index < -0.39 is 0 Å². The Bertz CT molecular complexity index is 461. The highest BCUT2D eigenvalue weighted by Crippen LogP contribution is 2.32. The van der Waals surface area contributed by atoms with Gasteiger partial charge in [-0.05, 0) is 31.0 Å². The van der Waals surface area contributed by atoms with E-state index in [0.717, 1.165) is 44.8 Å². The molecule has 1 aromatic carbocycles. The van der Waals surface area contributed by atoms with Crippen molar-refractivity contribution in [1.82, 2.24) is 10.6 Å². The molecule has 2 N–H and O–H groups in total. The van der Waals surface area contributed by atoms with E-state index in [4.69, 9.17) is 4.74 Å². The molecule has 1 fully saturated rings. The Hall–Kier alpha value is -1.26. The highest BCUT2D eigenvalue weighted by atomic mass is 35.5. The lowest BCUT2D eigenvalue weighted by atomic mass is 9.93. The standard InChI is InChI=1S/C15H20N2O2.ClH/c18-15(12-5-7-16-9-12)17-10-11-6-8-19-14-4-2-1-3-13(11)14;/h1-4,11-12,16H,5-10H2,(H,17,18);1H. The van der Waals surface area contributed by atoms with Crippen molar-refractivity contribution in [3.05, 3.63) is 29.8 Å². The van der Waals surface area contributed by atoms with Gasteiger partial charge in [-0.2, -0.15) is 0 Å². The Labute approximate surface area is 125 Å². The molecule has 0 saturated carbocycles. The van der Waals surface area contributed by atoms with Gasteiger partial charge in [0.1, 0.15) is 5.75 Å². The molecular formula is C15H21ClN2O2. The Morgan fingerprint density at radius 3 is 3.00 bits per heavy atom. The van der Waals surface area contributed by atoms with Gasteiger partial charge in [-0.15, -0.1) is 12.4 Å². The number of rotatable bonds is 3. The molecule has 2 aliphatic heterocycles. The lowest BCUT2D eigenvalue weighted by Crippen LogP contribution is -2.35. The molecule has 0 spiro atoms.